The molecule has 1 N–H and O–H groups in total. The average Bonchev–Trinajstić information content (AvgIpc) is 3.24. The molecule has 0 bridgehead atoms. The lowest BCUT2D eigenvalue weighted by Crippen LogP contribution is -2.21. The highest BCUT2D eigenvalue weighted by atomic mass is 32.2. The molecule has 1 saturated heterocycles. The van der Waals surface area contributed by atoms with E-state index in [1.807, 2.05) is 24.3 Å². The topological polar surface area (TPSA) is 59.9 Å². The molecule has 5 nitrogen and oxygen atoms in total. The van der Waals surface area contributed by atoms with Gasteiger partial charge in [-0.1, -0.05) is 25.8 Å². The van der Waals surface area contributed by atoms with E-state index in [1.54, 1.807) is 7.11 Å². The predicted octanol–water partition coefficient (Wildman–Crippen LogP) is 3.99. The summed E-state index contributed by atoms with van der Waals surface area (Å²) in [6, 6.07) is 6.06. The van der Waals surface area contributed by atoms with Crippen molar-refractivity contribution in [2.75, 3.05) is 13.7 Å². The molecule has 1 aliphatic carbocycles. The summed E-state index contributed by atoms with van der Waals surface area (Å²) in [5, 5.41) is 3.59. The molecule has 1 heterocycles. The second-order valence-electron chi connectivity index (χ2n) is 6.20. The summed E-state index contributed by atoms with van der Waals surface area (Å²) in [4.78, 5) is 17.5. The summed E-state index contributed by atoms with van der Waals surface area (Å²) in [5.74, 6) is 1.30. The zero-order chi connectivity index (χ0) is 17.6. The van der Waals surface area contributed by atoms with Crippen LogP contribution in [0.25, 0.3) is 6.08 Å². The van der Waals surface area contributed by atoms with E-state index >= 15 is 0 Å². The number of benzene rings is 1. The summed E-state index contributed by atoms with van der Waals surface area (Å²) in [5.41, 5.74) is 0.903. The number of thioether (sulfide) groups is 1. The van der Waals surface area contributed by atoms with Gasteiger partial charge in [0, 0.05) is 0 Å². The van der Waals surface area contributed by atoms with Crippen LogP contribution in [0.3, 0.4) is 0 Å². The Hall–Kier alpha value is -1.95. The van der Waals surface area contributed by atoms with Crippen molar-refractivity contribution >= 4 is 28.9 Å². The molecule has 2 aliphatic rings. The largest absolute Gasteiger partial charge is 0.493 e. The molecule has 1 saturated carbocycles. The van der Waals surface area contributed by atoms with Crippen LogP contribution >= 0.6 is 11.8 Å². The van der Waals surface area contributed by atoms with Gasteiger partial charge in [0.25, 0.3) is 5.91 Å². The molecule has 0 radical (unpaired) electrons. The number of carbonyl (C=O) groups excluding carboxylic acids is 1. The number of carbonyl (C=O) groups is 1. The van der Waals surface area contributed by atoms with Crippen LogP contribution in [-0.2, 0) is 4.79 Å². The van der Waals surface area contributed by atoms with Gasteiger partial charge in [-0.15, -0.1) is 0 Å². The van der Waals surface area contributed by atoms with E-state index in [9.17, 15) is 4.79 Å². The summed E-state index contributed by atoms with van der Waals surface area (Å²) in [6.07, 6.45) is 7.51. The van der Waals surface area contributed by atoms with Gasteiger partial charge in [0.15, 0.2) is 16.7 Å². The van der Waals surface area contributed by atoms with Crippen LogP contribution in [0.1, 0.15) is 44.6 Å². The second-order valence-corrected chi connectivity index (χ2v) is 7.23. The van der Waals surface area contributed by atoms with Crippen LogP contribution in [0.15, 0.2) is 28.1 Å². The first-order chi connectivity index (χ1) is 12.2. The van der Waals surface area contributed by atoms with Gasteiger partial charge in [-0.25, -0.2) is 0 Å². The molecule has 6 heteroatoms. The predicted molar refractivity (Wildman–Crippen MR) is 102 cm³/mol. The third-order valence-electron chi connectivity index (χ3n) is 4.22. The lowest BCUT2D eigenvalue weighted by atomic mass is 10.2. The van der Waals surface area contributed by atoms with E-state index < -0.39 is 0 Å². The Kier molecular flexibility index (Phi) is 6.02. The first kappa shape index (κ1) is 17.9. The highest BCUT2D eigenvalue weighted by molar-refractivity contribution is 8.18. The molecule has 134 valence electrons. The molecule has 25 heavy (non-hydrogen) atoms. The lowest BCUT2D eigenvalue weighted by Gasteiger charge is -2.10. The molecule has 2 fully saturated rings. The van der Waals surface area contributed by atoms with E-state index in [1.165, 1.54) is 24.6 Å². The number of nitrogens with one attached hydrogen (secondary N) is 1. The molecular formula is C19H24N2O3S. The number of hydrogen-bond donors (Lipinski definition) is 1. The molecular weight excluding hydrogens is 336 g/mol. The Labute approximate surface area is 152 Å². The van der Waals surface area contributed by atoms with E-state index in [4.69, 9.17) is 9.47 Å². The normalized spacial score (nSPS) is 21.1. The average molecular weight is 360 g/mol. The number of rotatable bonds is 6. The Morgan fingerprint density at radius 3 is 2.84 bits per heavy atom. The van der Waals surface area contributed by atoms with Crippen LogP contribution in [0.4, 0.5) is 0 Å². The molecule has 3 rings (SSSR count). The smallest absolute Gasteiger partial charge is 0.264 e. The van der Waals surface area contributed by atoms with E-state index in [-0.39, 0.29) is 5.91 Å². The number of amides is 1. The zero-order valence-corrected chi connectivity index (χ0v) is 15.5. The lowest BCUT2D eigenvalue weighted by molar-refractivity contribution is -0.115. The molecule has 1 amide bonds. The van der Waals surface area contributed by atoms with Gasteiger partial charge in [0.1, 0.15) is 0 Å². The number of nitrogens with zero attached hydrogens (tertiary/aromatic N) is 1. The standard InChI is InChI=1S/C19H24N2O3S/c1-3-10-24-15-9-8-13(11-16(15)23-2)12-17-18(22)21-19(25-17)20-14-6-4-5-7-14/h8-9,11-12,14H,3-7,10H2,1-2H3,(H,20,21,22)/b17-12-. The van der Waals surface area contributed by atoms with Gasteiger partial charge in [0.05, 0.1) is 24.7 Å². The van der Waals surface area contributed by atoms with Crippen LogP contribution < -0.4 is 14.8 Å². The summed E-state index contributed by atoms with van der Waals surface area (Å²) in [7, 11) is 1.62. The fourth-order valence-corrected chi connectivity index (χ4v) is 3.84. The van der Waals surface area contributed by atoms with Crippen molar-refractivity contribution in [1.29, 1.82) is 0 Å². The van der Waals surface area contributed by atoms with Crippen molar-refractivity contribution in [1.82, 2.24) is 5.32 Å². The zero-order valence-electron chi connectivity index (χ0n) is 14.7. The van der Waals surface area contributed by atoms with Crippen LogP contribution in [0.2, 0.25) is 0 Å². The monoisotopic (exact) mass is 360 g/mol. The Balaban J connectivity index is 1.74. The fourth-order valence-electron chi connectivity index (χ4n) is 2.94. The third-order valence-corrected chi connectivity index (χ3v) is 5.15. The van der Waals surface area contributed by atoms with E-state index in [0.29, 0.717) is 23.3 Å². The minimum atomic E-state index is -0.0907. The first-order valence-corrected chi connectivity index (χ1v) is 9.60. The molecule has 1 aliphatic heterocycles. The highest BCUT2D eigenvalue weighted by Gasteiger charge is 2.25. The molecule has 0 unspecified atom stereocenters. The van der Waals surface area contributed by atoms with Crippen LogP contribution in [-0.4, -0.2) is 30.8 Å². The Bertz CT molecular complexity index is 694. The van der Waals surface area contributed by atoms with Crippen molar-refractivity contribution in [3.8, 4) is 11.5 Å². The number of aliphatic imine (C=N–C) groups is 1. The van der Waals surface area contributed by atoms with E-state index in [0.717, 1.165) is 35.7 Å². The minimum absolute atomic E-state index is 0.0907. The van der Waals surface area contributed by atoms with Gasteiger partial charge < -0.3 is 14.8 Å². The summed E-state index contributed by atoms with van der Waals surface area (Å²) in [6.45, 7) is 2.71. The maximum atomic E-state index is 12.2. The SMILES string of the molecule is CCCOc1ccc(/C=C2\SC(=NC3CCCC3)NC2=O)cc1OC. The first-order valence-electron chi connectivity index (χ1n) is 8.79. The number of ether oxygens (including phenoxy) is 2. The number of hydrogen-bond acceptors (Lipinski definition) is 5. The Morgan fingerprint density at radius 2 is 2.12 bits per heavy atom. The van der Waals surface area contributed by atoms with Gasteiger partial charge in [-0.05, 0) is 54.8 Å². The summed E-state index contributed by atoms with van der Waals surface area (Å²) < 4.78 is 11.1. The van der Waals surface area contributed by atoms with Crippen LogP contribution in [0.5, 0.6) is 11.5 Å². The maximum absolute atomic E-state index is 12.2. The number of methoxy groups -OCH3 is 1. The van der Waals surface area contributed by atoms with Crippen molar-refractivity contribution in [3.05, 3.63) is 28.7 Å². The molecule has 0 atom stereocenters. The fraction of sp³-hybridized carbons (Fsp3) is 0.474. The van der Waals surface area contributed by atoms with Crippen molar-refractivity contribution in [2.24, 2.45) is 4.99 Å². The summed E-state index contributed by atoms with van der Waals surface area (Å²) >= 11 is 1.41. The van der Waals surface area contributed by atoms with Gasteiger partial charge in [-0.3, -0.25) is 9.79 Å². The second kappa shape index (κ2) is 8.43. The quantitative estimate of drug-likeness (QED) is 0.780. The molecule has 1 aromatic carbocycles. The Morgan fingerprint density at radius 1 is 1.32 bits per heavy atom. The molecule has 1 aromatic rings. The maximum Gasteiger partial charge on any atom is 0.264 e. The van der Waals surface area contributed by atoms with Crippen LogP contribution in [0, 0.1) is 0 Å². The third kappa shape index (κ3) is 4.57. The molecule has 0 aromatic heterocycles. The number of amidine groups is 1. The van der Waals surface area contributed by atoms with E-state index in [2.05, 4.69) is 17.2 Å². The molecule has 0 spiro atoms. The highest BCUT2D eigenvalue weighted by Crippen LogP contribution is 2.32. The van der Waals surface area contributed by atoms with Crippen molar-refractivity contribution in [2.45, 2.75) is 45.1 Å². The minimum Gasteiger partial charge on any atom is -0.493 e. The van der Waals surface area contributed by atoms with Gasteiger partial charge in [-0.2, -0.15) is 0 Å². The van der Waals surface area contributed by atoms with Gasteiger partial charge >= 0.3 is 0 Å². The van der Waals surface area contributed by atoms with Crippen molar-refractivity contribution < 1.29 is 14.3 Å². The van der Waals surface area contributed by atoms with Crippen molar-refractivity contribution in [3.63, 3.8) is 0 Å². The van der Waals surface area contributed by atoms with Gasteiger partial charge in [0.2, 0.25) is 0 Å².